The molecule has 176 valence electrons. The number of nitro benzene ring substituents is 1. The Hall–Kier alpha value is -4.40. The summed E-state index contributed by atoms with van der Waals surface area (Å²) in [7, 11) is 1.56. The lowest BCUT2D eigenvalue weighted by molar-refractivity contribution is -0.384. The molecule has 0 saturated carbocycles. The van der Waals surface area contributed by atoms with Crippen LogP contribution in [0.25, 0.3) is 0 Å². The van der Waals surface area contributed by atoms with Crippen molar-refractivity contribution in [2.45, 2.75) is 13.3 Å². The van der Waals surface area contributed by atoms with Gasteiger partial charge in [-0.2, -0.15) is 0 Å². The standard InChI is InChI=1S/C25H26N4O5/c1-18-4-6-19(7-5-18)24(30)26-16-3-17-28(21-12-14-23(34-2)15-13-21)25(31)27-20-8-10-22(11-9-20)29(32)33/h4-15H,3,16-17H2,1-2H3,(H,26,30)(H,27,31). The van der Waals surface area contributed by atoms with Gasteiger partial charge in [0, 0.05) is 42.2 Å². The summed E-state index contributed by atoms with van der Waals surface area (Å²) in [6.45, 7) is 2.67. The number of nitro groups is 1. The van der Waals surface area contributed by atoms with Crippen molar-refractivity contribution in [2.75, 3.05) is 30.4 Å². The Kier molecular flexibility index (Phi) is 8.17. The summed E-state index contributed by atoms with van der Waals surface area (Å²) in [4.78, 5) is 37.2. The van der Waals surface area contributed by atoms with Gasteiger partial charge in [0.15, 0.2) is 0 Å². The van der Waals surface area contributed by atoms with Gasteiger partial charge in [0.25, 0.3) is 11.6 Å². The van der Waals surface area contributed by atoms with Crippen molar-refractivity contribution in [1.82, 2.24) is 5.32 Å². The van der Waals surface area contributed by atoms with Crippen LogP contribution in [0, 0.1) is 17.0 Å². The lowest BCUT2D eigenvalue weighted by Crippen LogP contribution is -2.37. The summed E-state index contributed by atoms with van der Waals surface area (Å²) in [5.74, 6) is 0.483. The van der Waals surface area contributed by atoms with Gasteiger partial charge < -0.3 is 15.4 Å². The molecule has 3 rings (SSSR count). The Balaban J connectivity index is 1.65. The molecule has 9 heteroatoms. The molecule has 0 spiro atoms. The molecule has 3 aromatic carbocycles. The molecule has 3 amide bonds. The first-order valence-electron chi connectivity index (χ1n) is 10.7. The van der Waals surface area contributed by atoms with E-state index in [2.05, 4.69) is 10.6 Å². The second-order valence-corrected chi connectivity index (χ2v) is 7.56. The number of amides is 3. The average Bonchev–Trinajstić information content (AvgIpc) is 2.84. The number of nitrogens with zero attached hydrogens (tertiary/aromatic N) is 2. The smallest absolute Gasteiger partial charge is 0.326 e. The molecule has 0 aromatic heterocycles. The fraction of sp³-hybridized carbons (Fsp3) is 0.200. The molecule has 0 aliphatic carbocycles. The van der Waals surface area contributed by atoms with Crippen LogP contribution in [-0.2, 0) is 0 Å². The minimum atomic E-state index is -0.500. The van der Waals surface area contributed by atoms with E-state index in [1.807, 2.05) is 19.1 Å². The highest BCUT2D eigenvalue weighted by Crippen LogP contribution is 2.21. The van der Waals surface area contributed by atoms with Crippen molar-refractivity contribution in [3.05, 3.63) is 94.0 Å². The van der Waals surface area contributed by atoms with Crippen LogP contribution in [0.1, 0.15) is 22.3 Å². The van der Waals surface area contributed by atoms with Crippen LogP contribution in [0.5, 0.6) is 5.75 Å². The highest BCUT2D eigenvalue weighted by molar-refractivity contribution is 6.01. The number of carbonyl (C=O) groups excluding carboxylic acids is 2. The van der Waals surface area contributed by atoms with Crippen molar-refractivity contribution in [2.24, 2.45) is 0 Å². The van der Waals surface area contributed by atoms with Crippen LogP contribution >= 0.6 is 0 Å². The monoisotopic (exact) mass is 462 g/mol. The first-order valence-corrected chi connectivity index (χ1v) is 10.7. The third kappa shape index (κ3) is 6.55. The number of rotatable bonds is 9. The minimum Gasteiger partial charge on any atom is -0.497 e. The molecule has 34 heavy (non-hydrogen) atoms. The molecule has 0 saturated heterocycles. The zero-order valence-electron chi connectivity index (χ0n) is 19.0. The molecule has 3 aromatic rings. The Morgan fingerprint density at radius 1 is 0.971 bits per heavy atom. The van der Waals surface area contributed by atoms with Crippen LogP contribution in [-0.4, -0.2) is 37.1 Å². The van der Waals surface area contributed by atoms with Crippen LogP contribution in [0.3, 0.4) is 0 Å². The molecule has 0 aliphatic heterocycles. The molecule has 0 heterocycles. The fourth-order valence-corrected chi connectivity index (χ4v) is 3.21. The first kappa shape index (κ1) is 24.2. The maximum atomic E-state index is 13.0. The van der Waals surface area contributed by atoms with Gasteiger partial charge in [-0.3, -0.25) is 19.8 Å². The lowest BCUT2D eigenvalue weighted by Gasteiger charge is -2.23. The van der Waals surface area contributed by atoms with E-state index in [0.29, 0.717) is 42.2 Å². The Morgan fingerprint density at radius 3 is 2.21 bits per heavy atom. The fourth-order valence-electron chi connectivity index (χ4n) is 3.21. The van der Waals surface area contributed by atoms with Crippen molar-refractivity contribution >= 4 is 29.0 Å². The van der Waals surface area contributed by atoms with Gasteiger partial charge in [-0.1, -0.05) is 17.7 Å². The second-order valence-electron chi connectivity index (χ2n) is 7.56. The van der Waals surface area contributed by atoms with Crippen LogP contribution < -0.4 is 20.3 Å². The number of ether oxygens (including phenoxy) is 1. The molecule has 0 atom stereocenters. The molecule has 2 N–H and O–H groups in total. The van der Waals surface area contributed by atoms with E-state index in [0.717, 1.165) is 5.56 Å². The van der Waals surface area contributed by atoms with Crippen molar-refractivity contribution < 1.29 is 19.2 Å². The average molecular weight is 463 g/mol. The number of carbonyl (C=O) groups is 2. The zero-order valence-corrected chi connectivity index (χ0v) is 19.0. The van der Waals surface area contributed by atoms with Crippen LogP contribution in [0.2, 0.25) is 0 Å². The number of non-ortho nitro benzene ring substituents is 1. The van der Waals surface area contributed by atoms with Gasteiger partial charge in [0.1, 0.15) is 5.75 Å². The Morgan fingerprint density at radius 2 is 1.62 bits per heavy atom. The molecule has 0 fully saturated rings. The molecular formula is C25H26N4O5. The number of anilines is 2. The van der Waals surface area contributed by atoms with Crippen molar-refractivity contribution in [3.63, 3.8) is 0 Å². The summed E-state index contributed by atoms with van der Waals surface area (Å²) in [6.07, 6.45) is 0.511. The molecule has 0 unspecified atom stereocenters. The number of hydrogen-bond acceptors (Lipinski definition) is 5. The second kappa shape index (κ2) is 11.5. The number of aryl methyl sites for hydroxylation is 1. The normalized spacial score (nSPS) is 10.3. The van der Waals surface area contributed by atoms with E-state index in [1.54, 1.807) is 48.4 Å². The zero-order chi connectivity index (χ0) is 24.5. The maximum absolute atomic E-state index is 13.0. The van der Waals surface area contributed by atoms with Crippen molar-refractivity contribution in [3.8, 4) is 5.75 Å². The summed E-state index contributed by atoms with van der Waals surface area (Å²) in [5, 5.41) is 16.5. The van der Waals surface area contributed by atoms with E-state index in [-0.39, 0.29) is 11.6 Å². The SMILES string of the molecule is COc1ccc(N(CCCNC(=O)c2ccc(C)cc2)C(=O)Nc2ccc([N+](=O)[O-])cc2)cc1. The van der Waals surface area contributed by atoms with Gasteiger partial charge in [-0.15, -0.1) is 0 Å². The number of methoxy groups -OCH3 is 1. The van der Waals surface area contributed by atoms with Gasteiger partial charge >= 0.3 is 6.03 Å². The molecule has 9 nitrogen and oxygen atoms in total. The molecule has 0 aliphatic rings. The summed E-state index contributed by atoms with van der Waals surface area (Å²) >= 11 is 0. The molecule has 0 bridgehead atoms. The van der Waals surface area contributed by atoms with E-state index in [1.165, 1.54) is 24.3 Å². The van der Waals surface area contributed by atoms with E-state index < -0.39 is 11.0 Å². The number of benzene rings is 3. The summed E-state index contributed by atoms with van der Waals surface area (Å²) < 4.78 is 5.19. The number of nitrogens with one attached hydrogen (secondary N) is 2. The van der Waals surface area contributed by atoms with Crippen LogP contribution in [0.4, 0.5) is 21.9 Å². The predicted molar refractivity (Wildman–Crippen MR) is 131 cm³/mol. The van der Waals surface area contributed by atoms with Crippen molar-refractivity contribution in [1.29, 1.82) is 0 Å². The first-order chi connectivity index (χ1) is 16.4. The highest BCUT2D eigenvalue weighted by Gasteiger charge is 2.17. The van der Waals surface area contributed by atoms with Crippen LogP contribution in [0.15, 0.2) is 72.8 Å². The highest BCUT2D eigenvalue weighted by atomic mass is 16.6. The van der Waals surface area contributed by atoms with Gasteiger partial charge in [-0.05, 0) is 61.9 Å². The topological polar surface area (TPSA) is 114 Å². The number of hydrogen-bond donors (Lipinski definition) is 2. The Labute approximate surface area is 197 Å². The maximum Gasteiger partial charge on any atom is 0.326 e. The molecule has 0 radical (unpaired) electrons. The lowest BCUT2D eigenvalue weighted by atomic mass is 10.1. The molecular weight excluding hydrogens is 436 g/mol. The van der Waals surface area contributed by atoms with E-state index in [4.69, 9.17) is 4.74 Å². The third-order valence-electron chi connectivity index (χ3n) is 5.12. The predicted octanol–water partition coefficient (Wildman–Crippen LogP) is 4.77. The van der Waals surface area contributed by atoms with E-state index in [9.17, 15) is 19.7 Å². The summed E-state index contributed by atoms with van der Waals surface area (Å²) in [5.41, 5.74) is 2.67. The van der Waals surface area contributed by atoms with Gasteiger partial charge in [0.05, 0.1) is 12.0 Å². The van der Waals surface area contributed by atoms with Gasteiger partial charge in [-0.25, -0.2) is 4.79 Å². The largest absolute Gasteiger partial charge is 0.497 e. The summed E-state index contributed by atoms with van der Waals surface area (Å²) in [6, 6.07) is 19.5. The van der Waals surface area contributed by atoms with E-state index >= 15 is 0 Å². The number of urea groups is 1. The van der Waals surface area contributed by atoms with Gasteiger partial charge in [0.2, 0.25) is 0 Å². The third-order valence-corrected chi connectivity index (χ3v) is 5.12. The quantitative estimate of drug-likeness (QED) is 0.270. The Bertz CT molecular complexity index is 1130. The minimum absolute atomic E-state index is 0.0608.